The number of phenols is 1. The van der Waals surface area contributed by atoms with Crippen molar-refractivity contribution in [2.75, 3.05) is 13.6 Å². The Bertz CT molecular complexity index is 1190. The van der Waals surface area contributed by atoms with Gasteiger partial charge in [-0.15, -0.1) is 0 Å². The normalized spacial score (nSPS) is 15.0. The molecule has 0 saturated heterocycles. The number of rotatable bonds is 18. The predicted molar refractivity (Wildman–Crippen MR) is 166 cm³/mol. The summed E-state index contributed by atoms with van der Waals surface area (Å²) in [5.41, 5.74) is 17.3. The summed E-state index contributed by atoms with van der Waals surface area (Å²) in [6, 6.07) is 0.0219. The second-order valence-corrected chi connectivity index (χ2v) is 11.4. The van der Waals surface area contributed by atoms with Crippen LogP contribution in [-0.2, 0) is 30.4 Å². The molecule has 0 saturated carbocycles. The molecule has 6 atom stereocenters. The van der Waals surface area contributed by atoms with Crippen molar-refractivity contribution in [2.24, 2.45) is 28.1 Å². The SMILES string of the molecule is CC(C)C[C@H](NC(=O)[C@H](Cc1ccc(O)cc1)NC(=O)[C@@H](N)CCCN=C(N)N)C(=O)N(C)[C@@H](C)C(=O)N[C@H](C(=O)O)[C@@H](C)O. The number of carboxylic acid groups (broad SMARTS) is 1. The summed E-state index contributed by atoms with van der Waals surface area (Å²) in [6.07, 6.45) is -0.563. The number of aromatic hydroxyl groups is 1. The highest BCUT2D eigenvalue weighted by atomic mass is 16.4. The molecule has 0 heterocycles. The van der Waals surface area contributed by atoms with E-state index in [0.29, 0.717) is 12.0 Å². The number of likely N-dealkylation sites (N-methyl/N-ethyl adjacent to an activating group) is 1. The van der Waals surface area contributed by atoms with Crippen molar-refractivity contribution >= 4 is 35.6 Å². The number of nitrogens with zero attached hydrogens (tertiary/aromatic N) is 2. The highest BCUT2D eigenvalue weighted by Crippen LogP contribution is 2.14. The maximum absolute atomic E-state index is 13.6. The fraction of sp³-hybridized carbons (Fsp3) is 0.586. The van der Waals surface area contributed by atoms with Gasteiger partial charge in [-0.1, -0.05) is 26.0 Å². The Morgan fingerprint density at radius 3 is 2.00 bits per heavy atom. The third kappa shape index (κ3) is 13.4. The predicted octanol–water partition coefficient (Wildman–Crippen LogP) is -1.87. The fourth-order valence-electron chi connectivity index (χ4n) is 4.25. The summed E-state index contributed by atoms with van der Waals surface area (Å²) in [4.78, 5) is 69.2. The molecule has 0 aliphatic rings. The number of aliphatic carboxylic acids is 1. The molecule has 16 nitrogen and oxygen atoms in total. The summed E-state index contributed by atoms with van der Waals surface area (Å²) in [7, 11) is 1.33. The number of guanidine groups is 1. The summed E-state index contributed by atoms with van der Waals surface area (Å²) in [6.45, 7) is 6.52. The van der Waals surface area contributed by atoms with Gasteiger partial charge in [-0.05, 0) is 56.7 Å². The molecule has 1 rings (SSSR count). The maximum Gasteiger partial charge on any atom is 0.328 e. The molecule has 4 amide bonds. The van der Waals surface area contributed by atoms with Crippen molar-refractivity contribution in [1.29, 1.82) is 0 Å². The van der Waals surface area contributed by atoms with Crippen molar-refractivity contribution in [2.45, 2.75) is 89.7 Å². The first-order valence-corrected chi connectivity index (χ1v) is 14.6. The highest BCUT2D eigenvalue weighted by molar-refractivity contribution is 5.95. The largest absolute Gasteiger partial charge is 0.508 e. The van der Waals surface area contributed by atoms with E-state index in [1.165, 1.54) is 33.0 Å². The molecular weight excluding hydrogens is 588 g/mol. The molecule has 0 aliphatic carbocycles. The summed E-state index contributed by atoms with van der Waals surface area (Å²) >= 11 is 0. The molecule has 0 aliphatic heterocycles. The lowest BCUT2D eigenvalue weighted by Gasteiger charge is -2.31. The first-order chi connectivity index (χ1) is 20.9. The first kappa shape index (κ1) is 38.6. The summed E-state index contributed by atoms with van der Waals surface area (Å²) < 4.78 is 0. The molecule has 16 heteroatoms. The van der Waals surface area contributed by atoms with Gasteiger partial charge in [-0.25, -0.2) is 4.79 Å². The molecular formula is C29H48N8O8. The topological polar surface area (TPSA) is 276 Å². The Balaban J connectivity index is 3.17. The minimum absolute atomic E-state index is 0.00569. The standard InChI is InChI=1S/C29H48N8O8/c1-15(2)13-22(27(43)37(5)16(3)24(40)36-23(17(4)38)28(44)45)35-26(42)21(14-18-8-10-19(39)11-9-18)34-25(41)20(30)7-6-12-33-29(31)32/h8-11,15-17,20-23,38-39H,6-7,12-14,30H2,1-5H3,(H,34,41)(H,35,42)(H,36,40)(H,44,45)(H4,31,32,33)/t16-,17+,20-,21-,22-,23-/m0/s1. The van der Waals surface area contributed by atoms with Gasteiger partial charge in [-0.2, -0.15) is 0 Å². The van der Waals surface area contributed by atoms with Crippen LogP contribution in [0.1, 0.15) is 52.5 Å². The van der Waals surface area contributed by atoms with Gasteiger partial charge in [0.1, 0.15) is 23.9 Å². The number of nitrogens with one attached hydrogen (secondary N) is 3. The Morgan fingerprint density at radius 2 is 1.49 bits per heavy atom. The molecule has 0 bridgehead atoms. The van der Waals surface area contributed by atoms with Gasteiger partial charge in [0.25, 0.3) is 0 Å². The van der Waals surface area contributed by atoms with Crippen LogP contribution in [0.2, 0.25) is 0 Å². The van der Waals surface area contributed by atoms with Crippen LogP contribution in [0.25, 0.3) is 0 Å². The van der Waals surface area contributed by atoms with Crippen molar-refractivity contribution in [1.82, 2.24) is 20.9 Å². The molecule has 0 aromatic heterocycles. The number of benzene rings is 1. The Kier molecular flexibility index (Phi) is 15.8. The zero-order valence-electron chi connectivity index (χ0n) is 26.4. The van der Waals surface area contributed by atoms with E-state index in [2.05, 4.69) is 20.9 Å². The summed E-state index contributed by atoms with van der Waals surface area (Å²) in [5, 5.41) is 36.2. The van der Waals surface area contributed by atoms with Gasteiger partial charge < -0.3 is 53.4 Å². The molecule has 12 N–H and O–H groups in total. The molecule has 45 heavy (non-hydrogen) atoms. The van der Waals surface area contributed by atoms with Gasteiger partial charge in [0, 0.05) is 20.0 Å². The number of phenolic OH excluding ortho intramolecular Hbond substituents is 1. The molecule has 0 radical (unpaired) electrons. The summed E-state index contributed by atoms with van der Waals surface area (Å²) in [5.74, 6) is -4.35. The third-order valence-corrected chi connectivity index (χ3v) is 6.99. The van der Waals surface area contributed by atoms with E-state index >= 15 is 0 Å². The highest BCUT2D eigenvalue weighted by Gasteiger charge is 2.34. The Hall–Kier alpha value is -4.44. The number of nitrogens with two attached hydrogens (primary N) is 3. The number of aliphatic imine (C=N–C) groups is 1. The van der Waals surface area contributed by atoms with E-state index in [1.807, 2.05) is 13.8 Å². The number of carbonyl (C=O) groups excluding carboxylic acids is 4. The van der Waals surface area contributed by atoms with Crippen LogP contribution >= 0.6 is 0 Å². The maximum atomic E-state index is 13.6. The second-order valence-electron chi connectivity index (χ2n) is 11.4. The molecule has 252 valence electrons. The zero-order valence-corrected chi connectivity index (χ0v) is 26.4. The average Bonchev–Trinajstić information content (AvgIpc) is 2.96. The van der Waals surface area contributed by atoms with E-state index in [9.17, 15) is 39.3 Å². The molecule has 0 fully saturated rings. The monoisotopic (exact) mass is 636 g/mol. The van der Waals surface area contributed by atoms with Crippen LogP contribution < -0.4 is 33.2 Å². The minimum atomic E-state index is -1.59. The van der Waals surface area contributed by atoms with Crippen molar-refractivity contribution in [3.8, 4) is 5.75 Å². The lowest BCUT2D eigenvalue weighted by molar-refractivity contribution is -0.147. The van der Waals surface area contributed by atoms with Crippen LogP contribution in [-0.4, -0.2) is 106 Å². The number of aliphatic hydroxyl groups excluding tert-OH is 1. The van der Waals surface area contributed by atoms with E-state index < -0.39 is 65.9 Å². The van der Waals surface area contributed by atoms with Gasteiger partial charge in [0.2, 0.25) is 23.6 Å². The van der Waals surface area contributed by atoms with Gasteiger partial charge in [-0.3, -0.25) is 24.2 Å². The molecule has 0 unspecified atom stereocenters. The smallest absolute Gasteiger partial charge is 0.328 e. The second kappa shape index (κ2) is 18.4. The minimum Gasteiger partial charge on any atom is -0.508 e. The van der Waals surface area contributed by atoms with Crippen LogP contribution in [0.4, 0.5) is 0 Å². The quantitative estimate of drug-likeness (QED) is 0.0489. The third-order valence-electron chi connectivity index (χ3n) is 6.99. The lowest BCUT2D eigenvalue weighted by atomic mass is 10.00. The lowest BCUT2D eigenvalue weighted by Crippen LogP contribution is -2.59. The number of amides is 4. The number of carbonyl (C=O) groups is 5. The number of carboxylic acids is 1. The van der Waals surface area contributed by atoms with Gasteiger partial charge in [0.05, 0.1) is 12.1 Å². The number of hydrogen-bond donors (Lipinski definition) is 9. The van der Waals surface area contributed by atoms with Crippen LogP contribution in [0.3, 0.4) is 0 Å². The Morgan fingerprint density at radius 1 is 0.911 bits per heavy atom. The fourth-order valence-corrected chi connectivity index (χ4v) is 4.25. The Labute approximate surface area is 262 Å². The van der Waals surface area contributed by atoms with Gasteiger partial charge >= 0.3 is 5.97 Å². The van der Waals surface area contributed by atoms with Crippen LogP contribution in [0.5, 0.6) is 5.75 Å². The molecule has 0 spiro atoms. The van der Waals surface area contributed by atoms with E-state index in [0.717, 1.165) is 4.90 Å². The van der Waals surface area contributed by atoms with Gasteiger partial charge in [0.15, 0.2) is 12.0 Å². The average molecular weight is 637 g/mol. The van der Waals surface area contributed by atoms with Crippen molar-refractivity contribution in [3.63, 3.8) is 0 Å². The molecule has 1 aromatic carbocycles. The van der Waals surface area contributed by atoms with Crippen LogP contribution in [0.15, 0.2) is 29.3 Å². The number of hydrogen-bond acceptors (Lipinski definition) is 9. The van der Waals surface area contributed by atoms with Crippen molar-refractivity contribution < 1.29 is 39.3 Å². The van der Waals surface area contributed by atoms with E-state index in [4.69, 9.17) is 17.2 Å². The number of aliphatic hydroxyl groups is 1. The van der Waals surface area contributed by atoms with E-state index in [1.54, 1.807) is 12.1 Å². The molecule has 1 aromatic rings. The van der Waals surface area contributed by atoms with Crippen molar-refractivity contribution in [3.05, 3.63) is 29.8 Å². The first-order valence-electron chi connectivity index (χ1n) is 14.6. The van der Waals surface area contributed by atoms with E-state index in [-0.39, 0.29) is 43.4 Å². The van der Waals surface area contributed by atoms with Crippen LogP contribution in [0, 0.1) is 5.92 Å². The zero-order chi connectivity index (χ0) is 34.4.